The Kier molecular flexibility index (Phi) is 2.42. The second-order valence-electron chi connectivity index (χ2n) is 4.36. The van der Waals surface area contributed by atoms with Gasteiger partial charge in [-0.1, -0.05) is 18.2 Å². The molecular formula is C13H16N2O. The van der Waals surface area contributed by atoms with E-state index < -0.39 is 0 Å². The predicted molar refractivity (Wildman–Crippen MR) is 64.4 cm³/mol. The minimum atomic E-state index is 0.345. The average Bonchev–Trinajstić information content (AvgIpc) is 2.74. The molecule has 2 aromatic rings. The Morgan fingerprint density at radius 3 is 2.88 bits per heavy atom. The van der Waals surface area contributed by atoms with Crippen molar-refractivity contribution in [1.82, 2.24) is 10.6 Å². The second kappa shape index (κ2) is 3.92. The first-order valence-electron chi connectivity index (χ1n) is 5.79. The zero-order chi connectivity index (χ0) is 11.0. The third-order valence-electron chi connectivity index (χ3n) is 3.30. The number of piperazine rings is 1. The Labute approximate surface area is 94.8 Å². The molecule has 3 heteroatoms. The Balaban J connectivity index is 2.04. The Hall–Kier alpha value is -1.32. The first kappa shape index (κ1) is 9.87. The lowest BCUT2D eigenvalue weighted by molar-refractivity contribution is 0.345. The van der Waals surface area contributed by atoms with E-state index in [1.54, 1.807) is 0 Å². The summed E-state index contributed by atoms with van der Waals surface area (Å²) >= 11 is 0. The largest absolute Gasteiger partial charge is 0.464 e. The van der Waals surface area contributed by atoms with Gasteiger partial charge in [0.25, 0.3) is 0 Å². The maximum absolute atomic E-state index is 5.58. The summed E-state index contributed by atoms with van der Waals surface area (Å²) < 4.78 is 5.58. The molecular weight excluding hydrogens is 200 g/mol. The highest BCUT2D eigenvalue weighted by Crippen LogP contribution is 2.28. The Bertz CT molecular complexity index is 491. The molecule has 1 aromatic carbocycles. The highest BCUT2D eigenvalue weighted by Gasteiger charge is 2.24. The molecule has 2 N–H and O–H groups in total. The molecule has 2 unspecified atom stereocenters. The summed E-state index contributed by atoms with van der Waals surface area (Å²) in [5.74, 6) is 0. The van der Waals surface area contributed by atoms with Gasteiger partial charge in [0.05, 0.1) is 12.3 Å². The molecule has 1 aromatic heterocycles. The van der Waals surface area contributed by atoms with Gasteiger partial charge in [-0.3, -0.25) is 0 Å². The summed E-state index contributed by atoms with van der Waals surface area (Å²) in [5, 5.41) is 8.24. The number of furan rings is 1. The van der Waals surface area contributed by atoms with Gasteiger partial charge in [0.2, 0.25) is 0 Å². The Morgan fingerprint density at radius 2 is 2.00 bits per heavy atom. The summed E-state index contributed by atoms with van der Waals surface area (Å²) in [5.41, 5.74) is 2.23. The molecule has 16 heavy (non-hydrogen) atoms. The summed E-state index contributed by atoms with van der Waals surface area (Å²) in [6.45, 7) is 4.25. The lowest BCUT2D eigenvalue weighted by Crippen LogP contribution is -2.48. The van der Waals surface area contributed by atoms with E-state index in [4.69, 9.17) is 4.42 Å². The molecule has 3 nitrogen and oxygen atoms in total. The smallest absolute Gasteiger partial charge is 0.134 e. The number of para-hydroxylation sites is 1. The van der Waals surface area contributed by atoms with Gasteiger partial charge in [-0.25, -0.2) is 0 Å². The summed E-state index contributed by atoms with van der Waals surface area (Å²) in [4.78, 5) is 0. The van der Waals surface area contributed by atoms with Gasteiger partial charge in [0.1, 0.15) is 5.58 Å². The molecule has 0 spiro atoms. The van der Waals surface area contributed by atoms with Crippen LogP contribution in [-0.2, 0) is 0 Å². The van der Waals surface area contributed by atoms with E-state index in [1.807, 2.05) is 18.4 Å². The Morgan fingerprint density at radius 1 is 1.19 bits per heavy atom. The van der Waals surface area contributed by atoms with Crippen molar-refractivity contribution in [2.75, 3.05) is 13.1 Å². The summed E-state index contributed by atoms with van der Waals surface area (Å²) in [6.07, 6.45) is 1.88. The zero-order valence-corrected chi connectivity index (χ0v) is 9.36. The first-order valence-corrected chi connectivity index (χ1v) is 5.79. The molecule has 3 rings (SSSR count). The normalized spacial score (nSPS) is 26.1. The number of nitrogens with one attached hydrogen (secondary N) is 2. The molecule has 0 aliphatic carbocycles. The number of fused-ring (bicyclic) bond motifs is 1. The van der Waals surface area contributed by atoms with E-state index in [-0.39, 0.29) is 0 Å². The fourth-order valence-electron chi connectivity index (χ4n) is 2.44. The van der Waals surface area contributed by atoms with E-state index in [9.17, 15) is 0 Å². The van der Waals surface area contributed by atoms with Crippen molar-refractivity contribution < 1.29 is 4.42 Å². The van der Waals surface area contributed by atoms with Crippen LogP contribution in [0.2, 0.25) is 0 Å². The zero-order valence-electron chi connectivity index (χ0n) is 9.36. The van der Waals surface area contributed by atoms with Crippen LogP contribution in [0.5, 0.6) is 0 Å². The number of hydrogen-bond acceptors (Lipinski definition) is 3. The van der Waals surface area contributed by atoms with E-state index in [1.165, 1.54) is 10.9 Å². The molecule has 0 radical (unpaired) electrons. The fraction of sp³-hybridized carbons (Fsp3) is 0.385. The SMILES string of the molecule is CC1NCCNC1c1coc2ccccc12. The van der Waals surface area contributed by atoms with Gasteiger partial charge in [-0.2, -0.15) is 0 Å². The van der Waals surface area contributed by atoms with Crippen LogP contribution < -0.4 is 10.6 Å². The van der Waals surface area contributed by atoms with Gasteiger partial charge in [0.15, 0.2) is 0 Å². The molecule has 1 saturated heterocycles. The fourth-order valence-corrected chi connectivity index (χ4v) is 2.44. The van der Waals surface area contributed by atoms with Crippen LogP contribution in [0.1, 0.15) is 18.5 Å². The minimum absolute atomic E-state index is 0.345. The van der Waals surface area contributed by atoms with Crippen molar-refractivity contribution in [3.8, 4) is 0 Å². The molecule has 0 bridgehead atoms. The maximum Gasteiger partial charge on any atom is 0.134 e. The number of rotatable bonds is 1. The molecule has 1 aliphatic heterocycles. The van der Waals surface area contributed by atoms with Gasteiger partial charge in [-0.05, 0) is 13.0 Å². The van der Waals surface area contributed by atoms with Gasteiger partial charge >= 0.3 is 0 Å². The standard InChI is InChI=1S/C13H16N2O/c1-9-13(15-7-6-14-9)11-8-16-12-5-3-2-4-10(11)12/h2-5,8-9,13-15H,6-7H2,1H3. The van der Waals surface area contributed by atoms with Crippen LogP contribution in [0.15, 0.2) is 34.9 Å². The van der Waals surface area contributed by atoms with E-state index in [0.29, 0.717) is 12.1 Å². The number of benzene rings is 1. The molecule has 1 aliphatic rings. The van der Waals surface area contributed by atoms with Crippen molar-refractivity contribution in [1.29, 1.82) is 0 Å². The van der Waals surface area contributed by atoms with Gasteiger partial charge in [-0.15, -0.1) is 0 Å². The molecule has 84 valence electrons. The van der Waals surface area contributed by atoms with Crippen molar-refractivity contribution in [3.05, 3.63) is 36.1 Å². The third-order valence-corrected chi connectivity index (χ3v) is 3.30. The summed E-state index contributed by atoms with van der Waals surface area (Å²) in [6, 6.07) is 8.98. The lowest BCUT2D eigenvalue weighted by atomic mass is 9.98. The van der Waals surface area contributed by atoms with E-state index >= 15 is 0 Å². The number of hydrogen-bond donors (Lipinski definition) is 2. The van der Waals surface area contributed by atoms with Crippen molar-refractivity contribution in [2.45, 2.75) is 19.0 Å². The monoisotopic (exact) mass is 216 g/mol. The third kappa shape index (κ3) is 1.52. The van der Waals surface area contributed by atoms with Gasteiger partial charge in [0, 0.05) is 30.1 Å². The molecule has 0 saturated carbocycles. The quantitative estimate of drug-likeness (QED) is 0.766. The minimum Gasteiger partial charge on any atom is -0.464 e. The topological polar surface area (TPSA) is 37.2 Å². The second-order valence-corrected chi connectivity index (χ2v) is 4.36. The maximum atomic E-state index is 5.58. The van der Waals surface area contributed by atoms with Crippen LogP contribution >= 0.6 is 0 Å². The molecule has 0 amide bonds. The van der Waals surface area contributed by atoms with Crippen LogP contribution in [0.25, 0.3) is 11.0 Å². The van der Waals surface area contributed by atoms with Crippen molar-refractivity contribution in [3.63, 3.8) is 0 Å². The van der Waals surface area contributed by atoms with Crippen molar-refractivity contribution >= 4 is 11.0 Å². The molecule has 2 atom stereocenters. The van der Waals surface area contributed by atoms with Crippen LogP contribution in [0.3, 0.4) is 0 Å². The average molecular weight is 216 g/mol. The van der Waals surface area contributed by atoms with Crippen LogP contribution in [0, 0.1) is 0 Å². The van der Waals surface area contributed by atoms with Crippen LogP contribution in [-0.4, -0.2) is 19.1 Å². The predicted octanol–water partition coefficient (Wildman–Crippen LogP) is 2.06. The highest BCUT2D eigenvalue weighted by atomic mass is 16.3. The van der Waals surface area contributed by atoms with Gasteiger partial charge < -0.3 is 15.1 Å². The van der Waals surface area contributed by atoms with E-state index in [0.717, 1.165) is 18.7 Å². The van der Waals surface area contributed by atoms with E-state index in [2.05, 4.69) is 29.7 Å². The summed E-state index contributed by atoms with van der Waals surface area (Å²) in [7, 11) is 0. The first-order chi connectivity index (χ1) is 7.86. The highest BCUT2D eigenvalue weighted by molar-refractivity contribution is 5.81. The molecule has 1 fully saturated rings. The van der Waals surface area contributed by atoms with Crippen LogP contribution in [0.4, 0.5) is 0 Å². The van der Waals surface area contributed by atoms with Crippen molar-refractivity contribution in [2.24, 2.45) is 0 Å². The molecule has 2 heterocycles. The lowest BCUT2D eigenvalue weighted by Gasteiger charge is -2.30.